The number of aromatic nitrogens is 1. The van der Waals surface area contributed by atoms with Crippen LogP contribution in [0.4, 0.5) is 0 Å². The van der Waals surface area contributed by atoms with Crippen molar-refractivity contribution in [2.75, 3.05) is 13.9 Å². The minimum atomic E-state index is -0.416. The minimum absolute atomic E-state index is 0.0354. The van der Waals surface area contributed by atoms with E-state index in [0.717, 1.165) is 16.6 Å². The number of hydrogen-bond donors (Lipinski definition) is 0. The van der Waals surface area contributed by atoms with Crippen molar-refractivity contribution >= 4 is 33.4 Å². The van der Waals surface area contributed by atoms with Gasteiger partial charge >= 0.3 is 5.97 Å². The maximum atomic E-state index is 12.4. The van der Waals surface area contributed by atoms with Crippen molar-refractivity contribution in [1.82, 2.24) is 4.57 Å². The van der Waals surface area contributed by atoms with Gasteiger partial charge in [-0.25, -0.2) is 0 Å². The van der Waals surface area contributed by atoms with E-state index in [0.29, 0.717) is 29.1 Å². The van der Waals surface area contributed by atoms with Crippen LogP contribution in [0.1, 0.15) is 18.4 Å². The van der Waals surface area contributed by atoms with Crippen LogP contribution < -0.4 is 14.3 Å². The summed E-state index contributed by atoms with van der Waals surface area (Å²) in [6.07, 6.45) is 1.87. The van der Waals surface area contributed by atoms with Crippen LogP contribution in [-0.4, -0.2) is 30.3 Å². The van der Waals surface area contributed by atoms with Crippen molar-refractivity contribution < 1.29 is 23.8 Å². The number of thiazole rings is 1. The largest absolute Gasteiger partial charge is 0.468 e. The average molecular weight is 412 g/mol. The van der Waals surface area contributed by atoms with E-state index < -0.39 is 5.97 Å². The highest BCUT2D eigenvalue weighted by Gasteiger charge is 2.19. The zero-order valence-corrected chi connectivity index (χ0v) is 16.7. The Labute approximate surface area is 171 Å². The van der Waals surface area contributed by atoms with E-state index in [2.05, 4.69) is 4.99 Å². The molecular formula is C21H20N2O5S. The van der Waals surface area contributed by atoms with E-state index in [1.807, 2.05) is 36.4 Å². The second-order valence-electron chi connectivity index (χ2n) is 6.56. The molecule has 4 rings (SSSR count). The Hall–Kier alpha value is -3.13. The van der Waals surface area contributed by atoms with E-state index in [1.165, 1.54) is 24.0 Å². The molecule has 0 saturated carbocycles. The van der Waals surface area contributed by atoms with Gasteiger partial charge in [0.25, 0.3) is 0 Å². The molecule has 1 aliphatic rings. The molecule has 8 heteroatoms. The Morgan fingerprint density at radius 2 is 1.93 bits per heavy atom. The SMILES string of the molecule is COC(=O)Cn1c(=NC(=O)CCCc2ccccc2)sc2cc3c(cc21)OCO3. The number of fused-ring (bicyclic) bond motifs is 2. The third-order valence-electron chi connectivity index (χ3n) is 4.61. The molecule has 0 bridgehead atoms. The van der Waals surface area contributed by atoms with E-state index >= 15 is 0 Å². The van der Waals surface area contributed by atoms with Crippen molar-refractivity contribution in [3.63, 3.8) is 0 Å². The fraction of sp³-hybridized carbons (Fsp3) is 0.286. The zero-order valence-electron chi connectivity index (χ0n) is 15.9. The highest BCUT2D eigenvalue weighted by molar-refractivity contribution is 7.16. The number of hydrogen-bond acceptors (Lipinski definition) is 6. The zero-order chi connectivity index (χ0) is 20.2. The summed E-state index contributed by atoms with van der Waals surface area (Å²) in [6, 6.07) is 13.7. The van der Waals surface area contributed by atoms with Crippen LogP contribution in [0.15, 0.2) is 47.5 Å². The summed E-state index contributed by atoms with van der Waals surface area (Å²) in [4.78, 5) is 29.1. The van der Waals surface area contributed by atoms with Gasteiger partial charge in [0.2, 0.25) is 12.7 Å². The fourth-order valence-corrected chi connectivity index (χ4v) is 4.20. The molecule has 0 aliphatic carbocycles. The van der Waals surface area contributed by atoms with E-state index in [-0.39, 0.29) is 19.2 Å². The summed E-state index contributed by atoms with van der Waals surface area (Å²) in [5, 5.41) is 0. The van der Waals surface area contributed by atoms with Gasteiger partial charge < -0.3 is 18.8 Å². The Kier molecular flexibility index (Phi) is 5.62. The van der Waals surface area contributed by atoms with Gasteiger partial charge in [-0.3, -0.25) is 9.59 Å². The second kappa shape index (κ2) is 8.48. The molecule has 0 spiro atoms. The van der Waals surface area contributed by atoms with Crippen molar-refractivity contribution in [1.29, 1.82) is 0 Å². The first-order valence-electron chi connectivity index (χ1n) is 9.25. The van der Waals surface area contributed by atoms with Gasteiger partial charge in [0, 0.05) is 18.6 Å². The smallest absolute Gasteiger partial charge is 0.325 e. The summed E-state index contributed by atoms with van der Waals surface area (Å²) in [7, 11) is 1.33. The van der Waals surface area contributed by atoms with Crippen LogP contribution in [0.5, 0.6) is 11.5 Å². The number of carbonyl (C=O) groups excluding carboxylic acids is 2. The molecule has 2 heterocycles. The Balaban J connectivity index is 1.59. The molecule has 2 aromatic carbocycles. The molecule has 0 unspecified atom stereocenters. The van der Waals surface area contributed by atoms with Gasteiger partial charge in [-0.1, -0.05) is 41.7 Å². The first kappa shape index (κ1) is 19.2. The van der Waals surface area contributed by atoms with Gasteiger partial charge in [-0.05, 0) is 18.4 Å². The first-order valence-corrected chi connectivity index (χ1v) is 10.1. The lowest BCUT2D eigenvalue weighted by atomic mass is 10.1. The van der Waals surface area contributed by atoms with Crippen LogP contribution in [-0.2, 0) is 27.3 Å². The number of esters is 1. The lowest BCUT2D eigenvalue weighted by Crippen LogP contribution is -2.22. The van der Waals surface area contributed by atoms with Gasteiger partial charge in [-0.2, -0.15) is 4.99 Å². The molecule has 29 heavy (non-hydrogen) atoms. The molecule has 0 fully saturated rings. The van der Waals surface area contributed by atoms with E-state index in [1.54, 1.807) is 10.6 Å². The standard InChI is InChI=1S/C21H20N2O5S/c1-26-20(25)12-23-15-10-16-17(28-13-27-16)11-18(15)29-21(23)22-19(24)9-5-8-14-6-3-2-4-7-14/h2-4,6-7,10-11H,5,8-9,12-13H2,1H3. The van der Waals surface area contributed by atoms with Crippen LogP contribution >= 0.6 is 11.3 Å². The maximum absolute atomic E-state index is 12.4. The minimum Gasteiger partial charge on any atom is -0.468 e. The molecule has 1 aliphatic heterocycles. The molecule has 0 saturated heterocycles. The molecule has 1 aromatic heterocycles. The fourth-order valence-electron chi connectivity index (χ4n) is 3.14. The molecule has 3 aromatic rings. The Morgan fingerprint density at radius 1 is 1.17 bits per heavy atom. The number of benzene rings is 2. The molecule has 0 N–H and O–H groups in total. The molecule has 150 valence electrons. The second-order valence-corrected chi connectivity index (χ2v) is 7.57. The normalized spacial score (nSPS) is 13.1. The summed E-state index contributed by atoms with van der Waals surface area (Å²) >= 11 is 1.33. The monoisotopic (exact) mass is 412 g/mol. The first-order chi connectivity index (χ1) is 14.1. The number of amides is 1. The summed E-state index contributed by atoms with van der Waals surface area (Å²) < 4.78 is 18.2. The van der Waals surface area contributed by atoms with Gasteiger partial charge in [-0.15, -0.1) is 0 Å². The Morgan fingerprint density at radius 3 is 2.69 bits per heavy atom. The molecule has 0 radical (unpaired) electrons. The maximum Gasteiger partial charge on any atom is 0.325 e. The number of methoxy groups -OCH3 is 1. The van der Waals surface area contributed by atoms with E-state index in [4.69, 9.17) is 14.2 Å². The Bertz CT molecular complexity index is 1120. The lowest BCUT2D eigenvalue weighted by molar-refractivity contribution is -0.141. The van der Waals surface area contributed by atoms with Gasteiger partial charge in [0.1, 0.15) is 6.54 Å². The summed E-state index contributed by atoms with van der Waals surface area (Å²) in [5.74, 6) is 0.617. The predicted octanol–water partition coefficient (Wildman–Crippen LogP) is 3.05. The van der Waals surface area contributed by atoms with Gasteiger partial charge in [0.05, 0.1) is 17.3 Å². The molecule has 7 nitrogen and oxygen atoms in total. The van der Waals surface area contributed by atoms with Crippen LogP contribution in [0.25, 0.3) is 10.2 Å². The van der Waals surface area contributed by atoms with Crippen LogP contribution in [0, 0.1) is 0 Å². The number of carbonyl (C=O) groups is 2. The topological polar surface area (TPSA) is 79.1 Å². The van der Waals surface area contributed by atoms with Crippen LogP contribution in [0.3, 0.4) is 0 Å². The summed E-state index contributed by atoms with van der Waals surface area (Å²) in [6.45, 7) is 0.132. The van der Waals surface area contributed by atoms with E-state index in [9.17, 15) is 9.59 Å². The van der Waals surface area contributed by atoms with Crippen molar-refractivity contribution in [3.8, 4) is 11.5 Å². The number of aryl methyl sites for hydroxylation is 1. The number of nitrogens with zero attached hydrogens (tertiary/aromatic N) is 2. The highest BCUT2D eigenvalue weighted by Crippen LogP contribution is 2.37. The summed E-state index contributed by atoms with van der Waals surface area (Å²) in [5.41, 5.74) is 1.94. The molecule has 1 amide bonds. The number of rotatable bonds is 6. The van der Waals surface area contributed by atoms with Crippen molar-refractivity contribution in [2.24, 2.45) is 4.99 Å². The van der Waals surface area contributed by atoms with Crippen molar-refractivity contribution in [2.45, 2.75) is 25.8 Å². The third-order valence-corrected chi connectivity index (χ3v) is 5.65. The van der Waals surface area contributed by atoms with Crippen molar-refractivity contribution in [3.05, 3.63) is 52.8 Å². The number of ether oxygens (including phenoxy) is 3. The average Bonchev–Trinajstić information content (AvgIpc) is 3.31. The molecule has 0 atom stereocenters. The predicted molar refractivity (Wildman–Crippen MR) is 108 cm³/mol. The third kappa shape index (κ3) is 4.32. The quantitative estimate of drug-likeness (QED) is 0.582. The van der Waals surface area contributed by atoms with Crippen LogP contribution in [0.2, 0.25) is 0 Å². The highest BCUT2D eigenvalue weighted by atomic mass is 32.1. The molecular weight excluding hydrogens is 392 g/mol. The van der Waals surface area contributed by atoms with Gasteiger partial charge in [0.15, 0.2) is 16.3 Å². The lowest BCUT2D eigenvalue weighted by Gasteiger charge is -2.04.